The number of carbonyl (C=O) groups is 3. The molecule has 0 spiro atoms. The van der Waals surface area contributed by atoms with Crippen molar-refractivity contribution < 1.29 is 34.4 Å². The number of aliphatic hydroxyl groups excluding tert-OH is 1. The van der Waals surface area contributed by atoms with E-state index in [1.165, 1.54) is 6.92 Å². The van der Waals surface area contributed by atoms with E-state index < -0.39 is 48.7 Å². The SMILES string of the molecule is CC(C)[C@H](N)C(=O)O.C[C@@H](OC(=O)[C@@H](N)CO)[C@H](N)C(=O)O. The molecule has 0 saturated carbocycles. The lowest BCUT2D eigenvalue weighted by Gasteiger charge is -2.18. The molecule has 0 bridgehead atoms. The number of esters is 1. The molecule has 0 radical (unpaired) electrons. The van der Waals surface area contributed by atoms with Crippen molar-refractivity contribution in [3.05, 3.63) is 0 Å². The highest BCUT2D eigenvalue weighted by atomic mass is 16.5. The van der Waals surface area contributed by atoms with Gasteiger partial charge in [-0.05, 0) is 12.8 Å². The monoisotopic (exact) mass is 323 g/mol. The third-order valence-electron chi connectivity index (χ3n) is 2.60. The standard InChI is InChI=1S/C7H14N2O5.C5H11NO2/c1-3(5(9)6(11)12)14-7(13)4(8)2-10;1-3(2)4(6)5(7)8/h3-5,10H,2,8-9H2,1H3,(H,11,12);3-4H,6H2,1-2H3,(H,7,8)/t3-,4+,5+;4-/m10/s1. The Bertz CT molecular complexity index is 376. The number of carboxylic acid groups (broad SMARTS) is 2. The van der Waals surface area contributed by atoms with E-state index in [0.29, 0.717) is 0 Å². The van der Waals surface area contributed by atoms with Gasteiger partial charge in [-0.15, -0.1) is 0 Å². The summed E-state index contributed by atoms with van der Waals surface area (Å²) in [6.07, 6.45) is -0.988. The third kappa shape index (κ3) is 9.23. The molecule has 0 rings (SSSR count). The summed E-state index contributed by atoms with van der Waals surface area (Å²) < 4.78 is 4.60. The number of carboxylic acids is 2. The van der Waals surface area contributed by atoms with Gasteiger partial charge in [0.05, 0.1) is 6.61 Å². The van der Waals surface area contributed by atoms with Crippen LogP contribution >= 0.6 is 0 Å². The second-order valence-corrected chi connectivity index (χ2v) is 4.90. The molecule has 0 aliphatic heterocycles. The molecule has 0 heterocycles. The fourth-order valence-electron chi connectivity index (χ4n) is 0.904. The van der Waals surface area contributed by atoms with E-state index in [2.05, 4.69) is 4.74 Å². The normalized spacial score (nSPS) is 15.8. The average Bonchev–Trinajstić information content (AvgIpc) is 2.44. The van der Waals surface area contributed by atoms with Crippen LogP contribution in [0, 0.1) is 5.92 Å². The van der Waals surface area contributed by atoms with Crippen molar-refractivity contribution >= 4 is 17.9 Å². The second-order valence-electron chi connectivity index (χ2n) is 4.90. The van der Waals surface area contributed by atoms with Gasteiger partial charge in [0.1, 0.15) is 24.2 Å². The van der Waals surface area contributed by atoms with Crippen molar-refractivity contribution in [2.45, 2.75) is 45.0 Å². The number of carbonyl (C=O) groups excluding carboxylic acids is 1. The van der Waals surface area contributed by atoms with E-state index >= 15 is 0 Å². The van der Waals surface area contributed by atoms with Crippen LogP contribution in [0.4, 0.5) is 0 Å². The molecule has 0 aromatic heterocycles. The lowest BCUT2D eigenvalue weighted by atomic mass is 10.1. The predicted molar refractivity (Wildman–Crippen MR) is 76.7 cm³/mol. The van der Waals surface area contributed by atoms with Crippen LogP contribution in [0.1, 0.15) is 20.8 Å². The van der Waals surface area contributed by atoms with Crippen LogP contribution in [0.25, 0.3) is 0 Å². The summed E-state index contributed by atoms with van der Waals surface area (Å²) in [5, 5.41) is 25.2. The zero-order valence-electron chi connectivity index (χ0n) is 12.8. The highest BCUT2D eigenvalue weighted by molar-refractivity contribution is 5.78. The summed E-state index contributed by atoms with van der Waals surface area (Å²) in [7, 11) is 0. The van der Waals surface area contributed by atoms with Crippen LogP contribution in [0.3, 0.4) is 0 Å². The summed E-state index contributed by atoms with van der Waals surface area (Å²) in [5.74, 6) is -3.06. The largest absolute Gasteiger partial charge is 0.480 e. The van der Waals surface area contributed by atoms with Crippen LogP contribution < -0.4 is 17.2 Å². The van der Waals surface area contributed by atoms with Gasteiger partial charge in [0, 0.05) is 0 Å². The fraction of sp³-hybridized carbons (Fsp3) is 0.750. The van der Waals surface area contributed by atoms with Gasteiger partial charge in [0.15, 0.2) is 0 Å². The molecule has 22 heavy (non-hydrogen) atoms. The van der Waals surface area contributed by atoms with E-state index in [4.69, 9.17) is 32.5 Å². The second kappa shape index (κ2) is 10.9. The Balaban J connectivity index is 0. The summed E-state index contributed by atoms with van der Waals surface area (Å²) in [6, 6.07) is -3.18. The zero-order valence-corrected chi connectivity index (χ0v) is 12.8. The molecule has 9 N–H and O–H groups in total. The smallest absolute Gasteiger partial charge is 0.325 e. The molecule has 130 valence electrons. The Morgan fingerprint density at radius 1 is 0.955 bits per heavy atom. The maximum atomic E-state index is 11.0. The maximum absolute atomic E-state index is 11.0. The number of hydrogen-bond donors (Lipinski definition) is 6. The van der Waals surface area contributed by atoms with Crippen molar-refractivity contribution in [3.8, 4) is 0 Å². The van der Waals surface area contributed by atoms with E-state index in [0.717, 1.165) is 0 Å². The Labute approximate surface area is 128 Å². The number of ether oxygens (including phenoxy) is 1. The first-order valence-electron chi connectivity index (χ1n) is 6.49. The van der Waals surface area contributed by atoms with Crippen molar-refractivity contribution in [2.24, 2.45) is 23.1 Å². The first kappa shape index (κ1) is 22.5. The molecular weight excluding hydrogens is 298 g/mol. The molecule has 0 aliphatic rings. The molecule has 0 fully saturated rings. The summed E-state index contributed by atoms with van der Waals surface area (Å²) in [4.78, 5) is 31.3. The third-order valence-corrected chi connectivity index (χ3v) is 2.60. The number of nitrogens with two attached hydrogens (primary N) is 3. The molecule has 4 atom stereocenters. The van der Waals surface area contributed by atoms with Crippen LogP contribution in [0.2, 0.25) is 0 Å². The van der Waals surface area contributed by atoms with E-state index in [1.807, 2.05) is 0 Å². The van der Waals surface area contributed by atoms with Gasteiger partial charge in [-0.1, -0.05) is 13.8 Å². The van der Waals surface area contributed by atoms with Gasteiger partial charge >= 0.3 is 17.9 Å². The molecule has 10 heteroatoms. The summed E-state index contributed by atoms with van der Waals surface area (Å²) in [6.45, 7) is 4.33. The van der Waals surface area contributed by atoms with E-state index in [-0.39, 0.29) is 5.92 Å². The Hall–Kier alpha value is -1.75. The molecule has 0 aromatic carbocycles. The maximum Gasteiger partial charge on any atom is 0.325 e. The lowest BCUT2D eigenvalue weighted by molar-refractivity contribution is -0.155. The number of rotatable bonds is 7. The van der Waals surface area contributed by atoms with Gasteiger partial charge in [-0.3, -0.25) is 14.4 Å². The van der Waals surface area contributed by atoms with E-state index in [1.54, 1.807) is 13.8 Å². The first-order chi connectivity index (χ1) is 9.95. The van der Waals surface area contributed by atoms with Crippen molar-refractivity contribution in [1.82, 2.24) is 0 Å². The predicted octanol–water partition coefficient (Wildman–Crippen LogP) is -2.30. The fourth-order valence-corrected chi connectivity index (χ4v) is 0.904. The Morgan fingerprint density at radius 3 is 1.59 bits per heavy atom. The van der Waals surface area contributed by atoms with Gasteiger partial charge in [0.2, 0.25) is 0 Å². The Morgan fingerprint density at radius 2 is 1.36 bits per heavy atom. The molecule has 0 aliphatic carbocycles. The molecule has 10 nitrogen and oxygen atoms in total. The van der Waals surface area contributed by atoms with Crippen LogP contribution in [0.15, 0.2) is 0 Å². The minimum Gasteiger partial charge on any atom is -0.480 e. The summed E-state index contributed by atoms with van der Waals surface area (Å²) >= 11 is 0. The first-order valence-corrected chi connectivity index (χ1v) is 6.49. The van der Waals surface area contributed by atoms with Gasteiger partial charge < -0.3 is 37.3 Å². The minimum atomic E-state index is -1.30. The molecule has 0 unspecified atom stereocenters. The average molecular weight is 323 g/mol. The minimum absolute atomic E-state index is 0.0208. The van der Waals surface area contributed by atoms with Gasteiger partial charge in [-0.2, -0.15) is 0 Å². The number of aliphatic hydroxyl groups is 1. The zero-order chi connectivity index (χ0) is 18.0. The highest BCUT2D eigenvalue weighted by Gasteiger charge is 2.25. The van der Waals surface area contributed by atoms with Crippen molar-refractivity contribution in [1.29, 1.82) is 0 Å². The number of aliphatic carboxylic acids is 2. The van der Waals surface area contributed by atoms with Crippen LogP contribution in [-0.2, 0) is 19.1 Å². The van der Waals surface area contributed by atoms with E-state index in [9.17, 15) is 14.4 Å². The van der Waals surface area contributed by atoms with Crippen molar-refractivity contribution in [2.75, 3.05) is 6.61 Å². The van der Waals surface area contributed by atoms with Crippen molar-refractivity contribution in [3.63, 3.8) is 0 Å². The topological polar surface area (TPSA) is 199 Å². The van der Waals surface area contributed by atoms with Gasteiger partial charge in [-0.25, -0.2) is 0 Å². The quantitative estimate of drug-likeness (QED) is 0.277. The highest BCUT2D eigenvalue weighted by Crippen LogP contribution is 1.99. The van der Waals surface area contributed by atoms with Gasteiger partial charge in [0.25, 0.3) is 0 Å². The lowest BCUT2D eigenvalue weighted by Crippen LogP contribution is -2.46. The Kier molecular flexibility index (Phi) is 11.2. The summed E-state index contributed by atoms with van der Waals surface area (Å²) in [5.41, 5.74) is 15.5. The van der Waals surface area contributed by atoms with Crippen LogP contribution in [0.5, 0.6) is 0 Å². The molecule has 0 saturated heterocycles. The molecule has 0 aromatic rings. The molecule has 0 amide bonds. The van der Waals surface area contributed by atoms with Crippen LogP contribution in [-0.4, -0.2) is 64.1 Å². The number of hydrogen-bond acceptors (Lipinski definition) is 8. The molecular formula is C12H25N3O7.